The molecule has 3 aliphatic rings. The Morgan fingerprint density at radius 2 is 1.72 bits per heavy atom. The summed E-state index contributed by atoms with van der Waals surface area (Å²) in [5, 5.41) is -0.366. The van der Waals surface area contributed by atoms with Gasteiger partial charge in [0.05, 0.1) is 22.3 Å². The molecule has 4 rings (SSSR count). The van der Waals surface area contributed by atoms with E-state index in [0.717, 1.165) is 17.3 Å². The third kappa shape index (κ3) is 3.38. The zero-order chi connectivity index (χ0) is 17.7. The molecule has 25 heavy (non-hydrogen) atoms. The van der Waals surface area contributed by atoms with Gasteiger partial charge in [-0.15, -0.1) is 0 Å². The summed E-state index contributed by atoms with van der Waals surface area (Å²) in [6.45, 7) is 0.766. The molecule has 1 aromatic rings. The van der Waals surface area contributed by atoms with Crippen LogP contribution in [-0.2, 0) is 19.4 Å². The Kier molecular flexibility index (Phi) is 4.45. The number of halogens is 1. The van der Waals surface area contributed by atoms with Crippen molar-refractivity contribution in [2.45, 2.75) is 60.3 Å². The first-order chi connectivity index (χ1) is 11.9. The van der Waals surface area contributed by atoms with Crippen molar-refractivity contribution in [1.82, 2.24) is 4.90 Å². The third-order valence-corrected chi connectivity index (χ3v) is 8.50. The van der Waals surface area contributed by atoms with Gasteiger partial charge in [-0.1, -0.05) is 15.9 Å². The monoisotopic (exact) mass is 427 g/mol. The van der Waals surface area contributed by atoms with Crippen LogP contribution in [0.5, 0.6) is 0 Å². The molecule has 1 aliphatic heterocycles. The molecule has 1 aromatic carbocycles. The first-order valence-corrected chi connectivity index (χ1v) is 11.2. The van der Waals surface area contributed by atoms with Crippen molar-refractivity contribution in [2.75, 3.05) is 13.2 Å². The summed E-state index contributed by atoms with van der Waals surface area (Å²) in [4.78, 5) is 14.4. The van der Waals surface area contributed by atoms with E-state index in [1.165, 1.54) is 0 Å². The second-order valence-corrected chi connectivity index (χ2v) is 10.6. The van der Waals surface area contributed by atoms with Gasteiger partial charge in [-0.05, 0) is 62.8 Å². The number of hydrogen-bond acceptors (Lipinski definition) is 4. The number of carbonyl (C=O) groups excluding carboxylic acids is 1. The topological polar surface area (TPSA) is 63.7 Å². The van der Waals surface area contributed by atoms with Crippen LogP contribution in [0.2, 0.25) is 0 Å². The number of hydrogen-bond donors (Lipinski definition) is 0. The average molecular weight is 428 g/mol. The highest BCUT2D eigenvalue weighted by atomic mass is 79.9. The summed E-state index contributed by atoms with van der Waals surface area (Å²) >= 11 is 3.34. The predicted octanol–water partition coefficient (Wildman–Crippen LogP) is 2.93. The minimum atomic E-state index is -3.32. The number of ether oxygens (including phenoxy) is 1. The summed E-state index contributed by atoms with van der Waals surface area (Å²) in [5.74, 6) is 0.0812. The molecule has 136 valence electrons. The Hall–Kier alpha value is -0.920. The van der Waals surface area contributed by atoms with Crippen LogP contribution in [0.3, 0.4) is 0 Å². The fraction of sp³-hybridized carbons (Fsp3) is 0.611. The second kappa shape index (κ2) is 6.35. The minimum Gasteiger partial charge on any atom is -0.363 e. The largest absolute Gasteiger partial charge is 0.363 e. The van der Waals surface area contributed by atoms with E-state index in [1.54, 1.807) is 24.3 Å². The van der Waals surface area contributed by atoms with Crippen molar-refractivity contribution in [2.24, 2.45) is 0 Å². The molecule has 3 fully saturated rings. The Balaban J connectivity index is 1.46. The van der Waals surface area contributed by atoms with E-state index in [-0.39, 0.29) is 23.4 Å². The van der Waals surface area contributed by atoms with Crippen molar-refractivity contribution in [1.29, 1.82) is 0 Å². The van der Waals surface area contributed by atoms with E-state index >= 15 is 0 Å². The number of sulfone groups is 1. The van der Waals surface area contributed by atoms with Gasteiger partial charge in [0.1, 0.15) is 6.61 Å². The highest BCUT2D eigenvalue weighted by Gasteiger charge is 2.48. The summed E-state index contributed by atoms with van der Waals surface area (Å²) in [5.41, 5.74) is -0.345. The second-order valence-electron chi connectivity index (χ2n) is 7.42. The molecule has 5 nitrogen and oxygen atoms in total. The summed E-state index contributed by atoms with van der Waals surface area (Å²) < 4.78 is 32.6. The average Bonchev–Trinajstić information content (AvgIpc) is 3.43. The zero-order valence-corrected chi connectivity index (χ0v) is 16.4. The molecule has 1 amide bonds. The number of benzene rings is 1. The van der Waals surface area contributed by atoms with Crippen LogP contribution >= 0.6 is 15.9 Å². The van der Waals surface area contributed by atoms with Crippen LogP contribution in [0, 0.1) is 0 Å². The SMILES string of the molecule is O=C1COC2(CCC(S(=O)(=O)c3ccc(Br)cc3)CC2)CN1C1CC1. The molecule has 0 aromatic heterocycles. The van der Waals surface area contributed by atoms with Gasteiger partial charge in [0.2, 0.25) is 5.91 Å². The molecule has 0 atom stereocenters. The first-order valence-electron chi connectivity index (χ1n) is 8.83. The van der Waals surface area contributed by atoms with Gasteiger partial charge in [-0.25, -0.2) is 8.42 Å². The van der Waals surface area contributed by atoms with E-state index in [2.05, 4.69) is 15.9 Å². The number of nitrogens with zero attached hydrogens (tertiary/aromatic N) is 1. The highest BCUT2D eigenvalue weighted by molar-refractivity contribution is 9.10. The maximum absolute atomic E-state index is 12.9. The quantitative estimate of drug-likeness (QED) is 0.743. The standard InChI is InChI=1S/C18H22BrNO4S/c19-13-1-5-15(6-2-13)25(22,23)16-7-9-18(10-8-16)12-20(14-3-4-14)17(21)11-24-18/h1-2,5-6,14,16H,3-4,7-12H2. The molecule has 0 radical (unpaired) electrons. The zero-order valence-electron chi connectivity index (χ0n) is 14.0. The van der Waals surface area contributed by atoms with Gasteiger partial charge in [0.25, 0.3) is 0 Å². The van der Waals surface area contributed by atoms with Crippen LogP contribution < -0.4 is 0 Å². The highest BCUT2D eigenvalue weighted by Crippen LogP contribution is 2.41. The Morgan fingerprint density at radius 1 is 1.08 bits per heavy atom. The Morgan fingerprint density at radius 3 is 2.32 bits per heavy atom. The fourth-order valence-corrected chi connectivity index (χ4v) is 6.03. The van der Waals surface area contributed by atoms with Crippen LogP contribution in [0.15, 0.2) is 33.6 Å². The molecular formula is C18H22BrNO4S. The minimum absolute atomic E-state index is 0.0812. The van der Waals surface area contributed by atoms with E-state index in [9.17, 15) is 13.2 Å². The molecule has 2 aliphatic carbocycles. The van der Waals surface area contributed by atoms with E-state index < -0.39 is 9.84 Å². The molecule has 0 bridgehead atoms. The van der Waals surface area contributed by atoms with Crippen LogP contribution in [0.4, 0.5) is 0 Å². The van der Waals surface area contributed by atoms with E-state index in [1.807, 2.05) is 4.90 Å². The van der Waals surface area contributed by atoms with E-state index in [4.69, 9.17) is 4.74 Å². The van der Waals surface area contributed by atoms with Gasteiger partial charge in [-0.3, -0.25) is 4.79 Å². The van der Waals surface area contributed by atoms with Gasteiger partial charge >= 0.3 is 0 Å². The summed E-state index contributed by atoms with van der Waals surface area (Å²) in [7, 11) is -3.32. The van der Waals surface area contributed by atoms with Crippen LogP contribution in [-0.4, -0.2) is 49.3 Å². The number of carbonyl (C=O) groups is 1. The Bertz CT molecular complexity index is 765. The molecule has 0 N–H and O–H groups in total. The van der Waals surface area contributed by atoms with Crippen molar-refractivity contribution in [3.05, 3.63) is 28.7 Å². The van der Waals surface area contributed by atoms with Gasteiger partial charge in [0, 0.05) is 10.5 Å². The maximum Gasteiger partial charge on any atom is 0.248 e. The van der Waals surface area contributed by atoms with Crippen molar-refractivity contribution in [3.63, 3.8) is 0 Å². The molecule has 1 heterocycles. The Labute approximate surface area is 156 Å². The van der Waals surface area contributed by atoms with Crippen molar-refractivity contribution >= 4 is 31.7 Å². The lowest BCUT2D eigenvalue weighted by atomic mass is 9.83. The van der Waals surface area contributed by atoms with Crippen LogP contribution in [0.25, 0.3) is 0 Å². The number of amides is 1. The lowest BCUT2D eigenvalue weighted by Crippen LogP contribution is -2.57. The third-order valence-electron chi connectivity index (χ3n) is 5.69. The smallest absolute Gasteiger partial charge is 0.248 e. The van der Waals surface area contributed by atoms with Gasteiger partial charge in [-0.2, -0.15) is 0 Å². The molecule has 0 unspecified atom stereocenters. The van der Waals surface area contributed by atoms with Crippen molar-refractivity contribution < 1.29 is 17.9 Å². The summed E-state index contributed by atoms with van der Waals surface area (Å²) in [6, 6.07) is 7.24. The molecule has 1 spiro atoms. The lowest BCUT2D eigenvalue weighted by Gasteiger charge is -2.46. The normalized spacial score (nSPS) is 30.7. The summed E-state index contributed by atoms with van der Waals surface area (Å²) in [6.07, 6.45) is 4.74. The lowest BCUT2D eigenvalue weighted by molar-refractivity contribution is -0.169. The van der Waals surface area contributed by atoms with Crippen molar-refractivity contribution in [3.8, 4) is 0 Å². The predicted molar refractivity (Wildman–Crippen MR) is 97.0 cm³/mol. The maximum atomic E-state index is 12.9. The van der Waals surface area contributed by atoms with Gasteiger partial charge in [0.15, 0.2) is 9.84 Å². The van der Waals surface area contributed by atoms with Gasteiger partial charge < -0.3 is 9.64 Å². The number of rotatable bonds is 3. The molecule has 1 saturated heterocycles. The molecule has 7 heteroatoms. The number of morpholine rings is 1. The van der Waals surface area contributed by atoms with E-state index in [0.29, 0.717) is 43.2 Å². The van der Waals surface area contributed by atoms with Crippen LogP contribution in [0.1, 0.15) is 38.5 Å². The fourth-order valence-electron chi connectivity index (χ4n) is 4.01. The first kappa shape index (κ1) is 17.5. The molecule has 2 saturated carbocycles. The molecular weight excluding hydrogens is 406 g/mol.